The van der Waals surface area contributed by atoms with Crippen LogP contribution in [0, 0.1) is 10.5 Å². The number of nitrogens with one attached hydrogen (secondary N) is 1. The van der Waals surface area contributed by atoms with E-state index in [1.165, 1.54) is 3.97 Å². The maximum Gasteiger partial charge on any atom is 0.434 e. The van der Waals surface area contributed by atoms with E-state index in [4.69, 9.17) is 4.42 Å². The summed E-state index contributed by atoms with van der Waals surface area (Å²) in [4.78, 5) is 11.4. The van der Waals surface area contributed by atoms with Crippen LogP contribution in [0.1, 0.15) is 5.56 Å². The predicted molar refractivity (Wildman–Crippen MR) is 105 cm³/mol. The summed E-state index contributed by atoms with van der Waals surface area (Å²) < 4.78 is 33.0. The molecule has 1 N–H and O–H groups in total. The van der Waals surface area contributed by atoms with Gasteiger partial charge in [-0.2, -0.15) is 0 Å². The van der Waals surface area contributed by atoms with Crippen LogP contribution in [-0.2, 0) is 10.0 Å². The van der Waals surface area contributed by atoms with Crippen molar-refractivity contribution < 1.29 is 12.8 Å². The Hall–Kier alpha value is -2.40. The van der Waals surface area contributed by atoms with Crippen molar-refractivity contribution in [3.8, 4) is 11.5 Å². The molecule has 0 bridgehead atoms. The standard InChI is InChI=1S/C17H12IN3O4S/c1-10-2-5-12(6-3-10)26(23,24)21-9-14(18)13-8-11(4-7-15(13)21)16-19-20-17(22)25-16/h2-9H,1H3,(H,20,22). The van der Waals surface area contributed by atoms with Crippen molar-refractivity contribution in [3.63, 3.8) is 0 Å². The minimum Gasteiger partial charge on any atom is -0.388 e. The Morgan fingerprint density at radius 2 is 1.88 bits per heavy atom. The summed E-state index contributed by atoms with van der Waals surface area (Å²) in [6.45, 7) is 1.90. The van der Waals surface area contributed by atoms with Crippen LogP contribution in [0.3, 0.4) is 0 Å². The number of rotatable bonds is 3. The topological polar surface area (TPSA) is 98.0 Å². The number of H-pyrrole nitrogens is 1. The number of aromatic amines is 1. The van der Waals surface area contributed by atoms with Gasteiger partial charge >= 0.3 is 5.76 Å². The van der Waals surface area contributed by atoms with Gasteiger partial charge in [0.2, 0.25) is 5.89 Å². The van der Waals surface area contributed by atoms with Crippen LogP contribution in [0.4, 0.5) is 0 Å². The first-order chi connectivity index (χ1) is 12.4. The van der Waals surface area contributed by atoms with Crippen molar-refractivity contribution in [1.82, 2.24) is 14.2 Å². The molecule has 0 unspecified atom stereocenters. The molecule has 0 aliphatic rings. The molecule has 2 aromatic carbocycles. The van der Waals surface area contributed by atoms with E-state index < -0.39 is 15.8 Å². The molecule has 0 saturated heterocycles. The Bertz CT molecular complexity index is 1280. The molecule has 7 nitrogen and oxygen atoms in total. The van der Waals surface area contributed by atoms with Crippen LogP contribution in [0.15, 0.2) is 62.8 Å². The molecule has 0 fully saturated rings. The van der Waals surface area contributed by atoms with E-state index >= 15 is 0 Å². The van der Waals surface area contributed by atoms with Gasteiger partial charge in [0.25, 0.3) is 10.0 Å². The average molecular weight is 481 g/mol. The minimum absolute atomic E-state index is 0.154. The number of hydrogen-bond donors (Lipinski definition) is 1. The second-order valence-electron chi connectivity index (χ2n) is 5.74. The fourth-order valence-corrected chi connectivity index (χ4v) is 4.94. The number of aromatic nitrogens is 3. The number of halogens is 1. The zero-order valence-corrected chi connectivity index (χ0v) is 16.4. The van der Waals surface area contributed by atoms with Crippen molar-refractivity contribution in [3.05, 3.63) is 68.3 Å². The molecule has 0 saturated carbocycles. The molecule has 132 valence electrons. The van der Waals surface area contributed by atoms with E-state index in [1.54, 1.807) is 48.7 Å². The molecule has 0 aliphatic heterocycles. The zero-order chi connectivity index (χ0) is 18.5. The predicted octanol–water partition coefficient (Wildman–Crippen LogP) is 3.13. The number of hydrogen-bond acceptors (Lipinski definition) is 5. The highest BCUT2D eigenvalue weighted by Crippen LogP contribution is 2.30. The quantitative estimate of drug-likeness (QED) is 0.454. The number of benzene rings is 2. The number of aryl methyl sites for hydroxylation is 1. The van der Waals surface area contributed by atoms with Gasteiger partial charge in [-0.15, -0.1) is 5.10 Å². The lowest BCUT2D eigenvalue weighted by atomic mass is 10.1. The van der Waals surface area contributed by atoms with Gasteiger partial charge in [-0.3, -0.25) is 0 Å². The summed E-state index contributed by atoms with van der Waals surface area (Å²) in [5.74, 6) is -0.490. The van der Waals surface area contributed by atoms with Crippen LogP contribution >= 0.6 is 22.6 Å². The normalized spacial score (nSPS) is 11.9. The van der Waals surface area contributed by atoms with Gasteiger partial charge in [0.15, 0.2) is 0 Å². The van der Waals surface area contributed by atoms with Gasteiger partial charge in [0.1, 0.15) is 0 Å². The van der Waals surface area contributed by atoms with E-state index in [1.807, 2.05) is 6.92 Å². The van der Waals surface area contributed by atoms with E-state index in [-0.39, 0.29) is 10.8 Å². The minimum atomic E-state index is -3.72. The fraction of sp³-hybridized carbons (Fsp3) is 0.0588. The Labute approximate surface area is 161 Å². The molecule has 0 aliphatic carbocycles. The van der Waals surface area contributed by atoms with Crippen LogP contribution in [0.2, 0.25) is 0 Å². The fourth-order valence-electron chi connectivity index (χ4n) is 2.67. The first-order valence-corrected chi connectivity index (χ1v) is 10.1. The van der Waals surface area contributed by atoms with Crippen LogP contribution < -0.4 is 5.76 Å². The molecule has 4 aromatic rings. The summed E-state index contributed by atoms with van der Waals surface area (Å²) >= 11 is 2.08. The third-order valence-corrected chi connectivity index (χ3v) is 6.53. The molecule has 2 aromatic heterocycles. The molecule has 26 heavy (non-hydrogen) atoms. The van der Waals surface area contributed by atoms with E-state index in [2.05, 4.69) is 32.8 Å². The van der Waals surface area contributed by atoms with Crippen LogP contribution in [0.25, 0.3) is 22.4 Å². The van der Waals surface area contributed by atoms with Gasteiger partial charge in [0.05, 0.1) is 10.4 Å². The van der Waals surface area contributed by atoms with Gasteiger partial charge < -0.3 is 4.42 Å². The monoisotopic (exact) mass is 481 g/mol. The van der Waals surface area contributed by atoms with E-state index in [0.717, 1.165) is 14.5 Å². The van der Waals surface area contributed by atoms with Crippen LogP contribution in [0.5, 0.6) is 0 Å². The van der Waals surface area contributed by atoms with Gasteiger partial charge in [-0.05, 0) is 59.8 Å². The molecule has 0 amide bonds. The van der Waals surface area contributed by atoms with Gasteiger partial charge in [-0.25, -0.2) is 22.3 Å². The number of fused-ring (bicyclic) bond motifs is 1. The Morgan fingerprint density at radius 1 is 1.15 bits per heavy atom. The second kappa shape index (κ2) is 6.09. The molecule has 4 rings (SSSR count). The first kappa shape index (κ1) is 17.0. The van der Waals surface area contributed by atoms with E-state index in [0.29, 0.717) is 11.1 Å². The Morgan fingerprint density at radius 3 is 2.54 bits per heavy atom. The smallest absolute Gasteiger partial charge is 0.388 e. The lowest BCUT2D eigenvalue weighted by Gasteiger charge is -2.08. The molecule has 0 spiro atoms. The van der Waals surface area contributed by atoms with Crippen molar-refractivity contribution in [2.75, 3.05) is 0 Å². The molecule has 0 atom stereocenters. The largest absolute Gasteiger partial charge is 0.434 e. The maximum atomic E-state index is 13.0. The SMILES string of the molecule is Cc1ccc(S(=O)(=O)n2cc(I)c3cc(-c4n[nH]c(=O)o4)ccc32)cc1. The summed E-state index contributed by atoms with van der Waals surface area (Å²) in [6.07, 6.45) is 1.57. The third kappa shape index (κ3) is 2.76. The third-order valence-electron chi connectivity index (χ3n) is 3.98. The molecule has 0 radical (unpaired) electrons. The zero-order valence-electron chi connectivity index (χ0n) is 13.4. The van der Waals surface area contributed by atoms with Crippen molar-refractivity contribution >= 4 is 43.5 Å². The maximum absolute atomic E-state index is 13.0. The van der Waals surface area contributed by atoms with Crippen molar-refractivity contribution in [1.29, 1.82) is 0 Å². The lowest BCUT2D eigenvalue weighted by molar-refractivity contribution is 0.527. The number of nitrogens with zero attached hydrogens (tertiary/aromatic N) is 2. The van der Waals surface area contributed by atoms with E-state index in [9.17, 15) is 13.2 Å². The second-order valence-corrected chi connectivity index (χ2v) is 8.72. The summed E-state index contributed by atoms with van der Waals surface area (Å²) in [5.41, 5.74) is 2.11. The molecule has 2 heterocycles. The summed E-state index contributed by atoms with van der Waals surface area (Å²) in [5, 5.41) is 6.74. The van der Waals surface area contributed by atoms with Gasteiger partial charge in [0, 0.05) is 20.7 Å². The molecular formula is C17H12IN3O4S. The van der Waals surface area contributed by atoms with Crippen molar-refractivity contribution in [2.24, 2.45) is 0 Å². The van der Waals surface area contributed by atoms with Crippen molar-refractivity contribution in [2.45, 2.75) is 11.8 Å². The first-order valence-electron chi connectivity index (χ1n) is 7.55. The highest BCUT2D eigenvalue weighted by Gasteiger charge is 2.21. The summed E-state index contributed by atoms with van der Waals surface area (Å²) in [6, 6.07) is 11.8. The Kier molecular flexibility index (Phi) is 3.99. The van der Waals surface area contributed by atoms with Crippen LogP contribution in [-0.4, -0.2) is 22.6 Å². The van der Waals surface area contributed by atoms with Gasteiger partial charge in [-0.1, -0.05) is 17.7 Å². The lowest BCUT2D eigenvalue weighted by Crippen LogP contribution is -2.11. The summed E-state index contributed by atoms with van der Waals surface area (Å²) in [7, 11) is -3.72. The molecule has 9 heteroatoms. The average Bonchev–Trinajstić information content (AvgIpc) is 3.19. The molecular weight excluding hydrogens is 469 g/mol. The highest BCUT2D eigenvalue weighted by atomic mass is 127. The highest BCUT2D eigenvalue weighted by molar-refractivity contribution is 14.1. The Balaban J connectivity index is 1.89.